The number of likely N-dealkylation sites (tertiary alicyclic amines) is 1. The fourth-order valence-electron chi connectivity index (χ4n) is 2.11. The lowest BCUT2D eigenvalue weighted by Crippen LogP contribution is -2.43. The number of hydrogen-bond donors (Lipinski definition) is 1. The maximum Gasteiger partial charge on any atom is 0.254 e. The Morgan fingerprint density at radius 3 is 2.58 bits per heavy atom. The Hall–Kier alpha value is -0.760. The molecule has 1 fully saturated rings. The second kappa shape index (κ2) is 6.13. The Bertz CT molecular complexity index is 488. The zero-order valence-electron chi connectivity index (χ0n) is 10.5. The minimum absolute atomic E-state index is 0.0609. The van der Waals surface area contributed by atoms with Gasteiger partial charge in [0.25, 0.3) is 5.91 Å². The number of carbonyl (C=O) groups is 1. The van der Waals surface area contributed by atoms with Crippen LogP contribution in [-0.4, -0.2) is 37.0 Å². The van der Waals surface area contributed by atoms with Crippen LogP contribution in [0.3, 0.4) is 0 Å². The monoisotopic (exact) mass is 380 g/mol. The van der Waals surface area contributed by atoms with Crippen LogP contribution in [0.4, 0.5) is 8.78 Å². The normalized spacial score (nSPS) is 17.5. The van der Waals surface area contributed by atoms with Crippen molar-refractivity contribution in [2.24, 2.45) is 0 Å². The molecule has 1 N–H and O–H groups in total. The third kappa shape index (κ3) is 3.62. The van der Waals surface area contributed by atoms with Gasteiger partial charge in [-0.1, -0.05) is 0 Å². The number of nitrogens with one attached hydrogen (secondary N) is 1. The van der Waals surface area contributed by atoms with E-state index in [0.717, 1.165) is 32.0 Å². The average molecular weight is 380 g/mol. The molecule has 6 heteroatoms. The van der Waals surface area contributed by atoms with Crippen molar-refractivity contribution in [3.8, 4) is 0 Å². The molecule has 19 heavy (non-hydrogen) atoms. The van der Waals surface area contributed by atoms with Crippen molar-refractivity contribution in [3.05, 3.63) is 32.9 Å². The topological polar surface area (TPSA) is 32.3 Å². The van der Waals surface area contributed by atoms with Gasteiger partial charge < -0.3 is 10.2 Å². The third-order valence-corrected chi connectivity index (χ3v) is 4.14. The first-order valence-electron chi connectivity index (χ1n) is 6.11. The highest BCUT2D eigenvalue weighted by Crippen LogP contribution is 2.17. The minimum Gasteiger partial charge on any atom is -0.349 e. The molecule has 2 rings (SSSR count). The number of piperidine rings is 1. The number of benzene rings is 1. The van der Waals surface area contributed by atoms with Crippen molar-refractivity contribution >= 4 is 28.5 Å². The molecule has 0 saturated carbocycles. The van der Waals surface area contributed by atoms with Gasteiger partial charge in [0.15, 0.2) is 0 Å². The summed E-state index contributed by atoms with van der Waals surface area (Å²) in [4.78, 5) is 14.2. The number of halogens is 3. The molecule has 0 aromatic heterocycles. The largest absolute Gasteiger partial charge is 0.349 e. The number of hydrogen-bond acceptors (Lipinski definition) is 2. The lowest BCUT2D eigenvalue weighted by atomic mass is 10.0. The Morgan fingerprint density at radius 1 is 1.32 bits per heavy atom. The van der Waals surface area contributed by atoms with E-state index in [1.807, 2.05) is 7.05 Å². The number of nitrogens with zero attached hydrogens (tertiary/aromatic N) is 1. The molecule has 0 atom stereocenters. The van der Waals surface area contributed by atoms with Crippen LogP contribution in [0.1, 0.15) is 23.2 Å². The molecule has 0 radical (unpaired) electrons. The van der Waals surface area contributed by atoms with Crippen molar-refractivity contribution in [1.82, 2.24) is 10.2 Å². The van der Waals surface area contributed by atoms with Crippen LogP contribution in [0.2, 0.25) is 0 Å². The van der Waals surface area contributed by atoms with Crippen LogP contribution in [0, 0.1) is 15.2 Å². The molecular formula is C13H15F2IN2O. The summed E-state index contributed by atoms with van der Waals surface area (Å²) in [5.74, 6) is -1.93. The standard InChI is InChI=1S/C13H15F2IN2O/c1-18-4-2-8(3-5-18)17-13(19)9-6-12(16)11(15)7-10(9)14/h6-8H,2-5H2,1H3,(H,17,19). The van der Waals surface area contributed by atoms with Gasteiger partial charge in [0.2, 0.25) is 0 Å². The number of amides is 1. The predicted molar refractivity (Wildman–Crippen MR) is 77.1 cm³/mol. The number of carbonyl (C=O) groups excluding carboxylic acids is 1. The van der Waals surface area contributed by atoms with E-state index in [0.29, 0.717) is 0 Å². The maximum absolute atomic E-state index is 13.6. The summed E-state index contributed by atoms with van der Waals surface area (Å²) in [5, 5.41) is 2.81. The SMILES string of the molecule is CN1CCC(NC(=O)c2cc(I)c(F)cc2F)CC1. The molecule has 104 valence electrons. The molecule has 1 aromatic rings. The first-order chi connectivity index (χ1) is 8.97. The molecule has 1 aliphatic heterocycles. The van der Waals surface area contributed by atoms with Gasteiger partial charge >= 0.3 is 0 Å². The maximum atomic E-state index is 13.6. The smallest absolute Gasteiger partial charge is 0.254 e. The Labute approximate surface area is 124 Å². The van der Waals surface area contributed by atoms with Crippen LogP contribution < -0.4 is 5.32 Å². The minimum atomic E-state index is -0.816. The van der Waals surface area contributed by atoms with Crippen LogP contribution in [-0.2, 0) is 0 Å². The van der Waals surface area contributed by atoms with Crippen molar-refractivity contribution in [2.45, 2.75) is 18.9 Å². The van der Waals surface area contributed by atoms with Gasteiger partial charge in [-0.2, -0.15) is 0 Å². The van der Waals surface area contributed by atoms with Gasteiger partial charge in [-0.25, -0.2) is 8.78 Å². The van der Waals surface area contributed by atoms with E-state index >= 15 is 0 Å². The molecular weight excluding hydrogens is 365 g/mol. The quantitative estimate of drug-likeness (QED) is 0.632. The van der Waals surface area contributed by atoms with Gasteiger partial charge in [-0.15, -0.1) is 0 Å². The molecule has 1 aliphatic rings. The Morgan fingerprint density at radius 2 is 1.95 bits per heavy atom. The van der Waals surface area contributed by atoms with Crippen LogP contribution in [0.5, 0.6) is 0 Å². The number of rotatable bonds is 2. The molecule has 0 aliphatic carbocycles. The lowest BCUT2D eigenvalue weighted by Gasteiger charge is -2.29. The second-order valence-electron chi connectivity index (χ2n) is 4.80. The molecule has 1 amide bonds. The summed E-state index contributed by atoms with van der Waals surface area (Å²) < 4.78 is 27.0. The summed E-state index contributed by atoms with van der Waals surface area (Å²) in [6.07, 6.45) is 1.70. The lowest BCUT2D eigenvalue weighted by molar-refractivity contribution is 0.0912. The Balaban J connectivity index is 2.06. The molecule has 0 bridgehead atoms. The van der Waals surface area contributed by atoms with Crippen LogP contribution in [0.15, 0.2) is 12.1 Å². The molecule has 1 saturated heterocycles. The molecule has 1 aromatic carbocycles. The third-order valence-electron chi connectivity index (χ3n) is 3.31. The summed E-state index contributed by atoms with van der Waals surface area (Å²) in [5.41, 5.74) is -0.0928. The highest BCUT2D eigenvalue weighted by atomic mass is 127. The fourth-order valence-corrected chi connectivity index (χ4v) is 2.58. The van der Waals surface area contributed by atoms with Crippen molar-refractivity contribution < 1.29 is 13.6 Å². The molecule has 3 nitrogen and oxygen atoms in total. The summed E-state index contributed by atoms with van der Waals surface area (Å²) in [7, 11) is 2.03. The van der Waals surface area contributed by atoms with Crippen LogP contribution >= 0.6 is 22.6 Å². The van der Waals surface area contributed by atoms with E-state index in [-0.39, 0.29) is 15.2 Å². The predicted octanol–water partition coefficient (Wildman–Crippen LogP) is 2.39. The fraction of sp³-hybridized carbons (Fsp3) is 0.462. The second-order valence-corrected chi connectivity index (χ2v) is 5.96. The van der Waals surface area contributed by atoms with E-state index in [1.165, 1.54) is 6.07 Å². The van der Waals surface area contributed by atoms with E-state index in [4.69, 9.17) is 0 Å². The Kier molecular flexibility index (Phi) is 4.72. The zero-order chi connectivity index (χ0) is 14.0. The van der Waals surface area contributed by atoms with E-state index in [9.17, 15) is 13.6 Å². The highest BCUT2D eigenvalue weighted by molar-refractivity contribution is 14.1. The van der Waals surface area contributed by atoms with Gasteiger partial charge in [0.05, 0.1) is 5.56 Å². The van der Waals surface area contributed by atoms with Crippen LogP contribution in [0.25, 0.3) is 0 Å². The highest BCUT2D eigenvalue weighted by Gasteiger charge is 2.21. The molecule has 1 heterocycles. The first-order valence-corrected chi connectivity index (χ1v) is 7.19. The van der Waals surface area contributed by atoms with E-state index in [2.05, 4.69) is 10.2 Å². The van der Waals surface area contributed by atoms with E-state index in [1.54, 1.807) is 22.6 Å². The van der Waals surface area contributed by atoms with Gasteiger partial charge in [-0.05, 0) is 61.6 Å². The van der Waals surface area contributed by atoms with Gasteiger partial charge in [0.1, 0.15) is 11.6 Å². The van der Waals surface area contributed by atoms with Gasteiger partial charge in [0, 0.05) is 15.7 Å². The van der Waals surface area contributed by atoms with Crippen molar-refractivity contribution in [3.63, 3.8) is 0 Å². The zero-order valence-corrected chi connectivity index (χ0v) is 12.7. The van der Waals surface area contributed by atoms with Crippen molar-refractivity contribution in [1.29, 1.82) is 0 Å². The summed E-state index contributed by atoms with van der Waals surface area (Å²) >= 11 is 1.75. The summed E-state index contributed by atoms with van der Waals surface area (Å²) in [6.45, 7) is 1.82. The molecule has 0 unspecified atom stereocenters. The van der Waals surface area contributed by atoms with Gasteiger partial charge in [-0.3, -0.25) is 4.79 Å². The average Bonchev–Trinajstić information content (AvgIpc) is 2.36. The van der Waals surface area contributed by atoms with E-state index < -0.39 is 17.5 Å². The first kappa shape index (κ1) is 14.6. The van der Waals surface area contributed by atoms with Crippen molar-refractivity contribution in [2.75, 3.05) is 20.1 Å². The molecule has 0 spiro atoms. The summed E-state index contributed by atoms with van der Waals surface area (Å²) in [6, 6.07) is 2.06.